The molecule has 0 aromatic heterocycles. The Labute approximate surface area is 98.1 Å². The summed E-state index contributed by atoms with van der Waals surface area (Å²) in [5, 5.41) is 6.36. The van der Waals surface area contributed by atoms with Gasteiger partial charge in [-0.15, -0.1) is 0 Å². The molecule has 4 heteroatoms. The van der Waals surface area contributed by atoms with Crippen LogP contribution in [0.15, 0.2) is 0 Å². The van der Waals surface area contributed by atoms with Crippen LogP contribution >= 0.6 is 0 Å². The fraction of sp³-hybridized carbons (Fsp3) is 0.917. The molecule has 1 rings (SSSR count). The monoisotopic (exact) mass is 228 g/mol. The van der Waals surface area contributed by atoms with E-state index >= 15 is 0 Å². The first kappa shape index (κ1) is 13.5. The van der Waals surface area contributed by atoms with Crippen molar-refractivity contribution < 1.29 is 9.53 Å². The Hall–Kier alpha value is -0.610. The summed E-state index contributed by atoms with van der Waals surface area (Å²) < 4.78 is 5.35. The molecule has 0 aromatic carbocycles. The van der Waals surface area contributed by atoms with Crippen LogP contribution in [0.4, 0.5) is 0 Å². The quantitative estimate of drug-likeness (QED) is 0.755. The van der Waals surface area contributed by atoms with Crippen molar-refractivity contribution in [2.24, 2.45) is 5.41 Å². The van der Waals surface area contributed by atoms with E-state index in [4.69, 9.17) is 4.74 Å². The molecule has 1 fully saturated rings. The van der Waals surface area contributed by atoms with Gasteiger partial charge >= 0.3 is 0 Å². The number of amides is 1. The van der Waals surface area contributed by atoms with Crippen molar-refractivity contribution in [2.75, 3.05) is 26.8 Å². The number of rotatable bonds is 3. The van der Waals surface area contributed by atoms with Gasteiger partial charge in [0.2, 0.25) is 5.91 Å². The van der Waals surface area contributed by atoms with Gasteiger partial charge in [0, 0.05) is 30.7 Å². The van der Waals surface area contributed by atoms with Gasteiger partial charge in [0.1, 0.15) is 0 Å². The van der Waals surface area contributed by atoms with Gasteiger partial charge in [0.15, 0.2) is 0 Å². The number of hydrogen-bond acceptors (Lipinski definition) is 3. The van der Waals surface area contributed by atoms with E-state index in [1.165, 1.54) is 0 Å². The number of ether oxygens (including phenoxy) is 1. The van der Waals surface area contributed by atoms with Gasteiger partial charge in [0.25, 0.3) is 0 Å². The van der Waals surface area contributed by atoms with E-state index in [2.05, 4.69) is 10.6 Å². The largest absolute Gasteiger partial charge is 0.381 e. The predicted octanol–water partition coefficient (Wildman–Crippen LogP) is 0.917. The van der Waals surface area contributed by atoms with E-state index in [0.29, 0.717) is 6.54 Å². The second-order valence-corrected chi connectivity index (χ2v) is 5.58. The fourth-order valence-corrected chi connectivity index (χ4v) is 1.79. The van der Waals surface area contributed by atoms with Crippen LogP contribution in [0, 0.1) is 5.41 Å². The van der Waals surface area contributed by atoms with Crippen molar-refractivity contribution >= 4 is 5.91 Å². The van der Waals surface area contributed by atoms with Gasteiger partial charge in [-0.25, -0.2) is 0 Å². The Morgan fingerprint density at radius 2 is 1.88 bits per heavy atom. The molecule has 1 aliphatic rings. The van der Waals surface area contributed by atoms with Crippen LogP contribution in [-0.2, 0) is 9.53 Å². The lowest BCUT2D eigenvalue weighted by atomic mass is 9.89. The Morgan fingerprint density at radius 1 is 1.31 bits per heavy atom. The Kier molecular flexibility index (Phi) is 4.33. The lowest BCUT2D eigenvalue weighted by Gasteiger charge is -2.37. The Balaban J connectivity index is 2.48. The molecule has 0 aromatic rings. The summed E-state index contributed by atoms with van der Waals surface area (Å²) in [7, 11) is 1.95. The standard InChI is InChI=1S/C12H24N2O2/c1-11(2,3)10(15)14-9-12(13-4)5-7-16-8-6-12/h13H,5-9H2,1-4H3,(H,14,15). The molecule has 94 valence electrons. The van der Waals surface area contributed by atoms with Crippen molar-refractivity contribution in [2.45, 2.75) is 39.2 Å². The smallest absolute Gasteiger partial charge is 0.225 e. The van der Waals surface area contributed by atoms with E-state index < -0.39 is 0 Å². The molecule has 1 aliphatic heterocycles. The molecule has 0 spiro atoms. The number of carbonyl (C=O) groups excluding carboxylic acids is 1. The molecule has 0 saturated carbocycles. The molecule has 0 bridgehead atoms. The van der Waals surface area contributed by atoms with Crippen molar-refractivity contribution in [3.63, 3.8) is 0 Å². The van der Waals surface area contributed by atoms with E-state index in [9.17, 15) is 4.79 Å². The zero-order valence-corrected chi connectivity index (χ0v) is 10.9. The first-order valence-corrected chi connectivity index (χ1v) is 5.95. The van der Waals surface area contributed by atoms with Crippen molar-refractivity contribution in [1.82, 2.24) is 10.6 Å². The zero-order valence-electron chi connectivity index (χ0n) is 10.9. The number of likely N-dealkylation sites (N-methyl/N-ethyl adjacent to an activating group) is 1. The third kappa shape index (κ3) is 3.46. The molecule has 1 heterocycles. The molecule has 0 aliphatic carbocycles. The molecule has 0 unspecified atom stereocenters. The van der Waals surface area contributed by atoms with Crippen LogP contribution in [0.25, 0.3) is 0 Å². The van der Waals surface area contributed by atoms with Gasteiger partial charge in [-0.3, -0.25) is 4.79 Å². The molecule has 0 atom stereocenters. The summed E-state index contributed by atoms with van der Waals surface area (Å²) in [6.45, 7) is 8.01. The maximum absolute atomic E-state index is 11.8. The lowest BCUT2D eigenvalue weighted by molar-refractivity contribution is -0.129. The number of carbonyl (C=O) groups is 1. The van der Waals surface area contributed by atoms with E-state index in [1.54, 1.807) is 0 Å². The Morgan fingerprint density at radius 3 is 2.31 bits per heavy atom. The number of nitrogens with one attached hydrogen (secondary N) is 2. The highest BCUT2D eigenvalue weighted by molar-refractivity contribution is 5.81. The molecule has 16 heavy (non-hydrogen) atoms. The SMILES string of the molecule is CNC1(CNC(=O)C(C)(C)C)CCOCC1. The van der Waals surface area contributed by atoms with Crippen LogP contribution < -0.4 is 10.6 Å². The average molecular weight is 228 g/mol. The van der Waals surface area contributed by atoms with Crippen LogP contribution in [0.1, 0.15) is 33.6 Å². The summed E-state index contributed by atoms with van der Waals surface area (Å²) in [6.07, 6.45) is 1.90. The van der Waals surface area contributed by atoms with Gasteiger partial charge in [-0.2, -0.15) is 0 Å². The first-order chi connectivity index (χ1) is 7.40. The molecule has 0 radical (unpaired) electrons. The highest BCUT2D eigenvalue weighted by Crippen LogP contribution is 2.20. The van der Waals surface area contributed by atoms with Crippen molar-refractivity contribution in [3.05, 3.63) is 0 Å². The minimum absolute atomic E-state index is 0.0131. The molecule has 2 N–H and O–H groups in total. The Bertz CT molecular complexity index is 240. The first-order valence-electron chi connectivity index (χ1n) is 5.95. The topological polar surface area (TPSA) is 50.4 Å². The zero-order chi connectivity index (χ0) is 12.2. The summed E-state index contributed by atoms with van der Waals surface area (Å²) >= 11 is 0. The van der Waals surface area contributed by atoms with Gasteiger partial charge in [-0.1, -0.05) is 20.8 Å². The van der Waals surface area contributed by atoms with Crippen molar-refractivity contribution in [3.8, 4) is 0 Å². The average Bonchev–Trinajstić information content (AvgIpc) is 2.26. The highest BCUT2D eigenvalue weighted by atomic mass is 16.5. The van der Waals surface area contributed by atoms with Crippen LogP contribution in [0.5, 0.6) is 0 Å². The minimum Gasteiger partial charge on any atom is -0.381 e. The third-order valence-electron chi connectivity index (χ3n) is 3.25. The molecule has 4 nitrogen and oxygen atoms in total. The van der Waals surface area contributed by atoms with Crippen LogP contribution in [-0.4, -0.2) is 38.3 Å². The third-order valence-corrected chi connectivity index (χ3v) is 3.25. The van der Waals surface area contributed by atoms with Gasteiger partial charge in [-0.05, 0) is 19.9 Å². The summed E-state index contributed by atoms with van der Waals surface area (Å²) in [4.78, 5) is 11.8. The maximum Gasteiger partial charge on any atom is 0.225 e. The van der Waals surface area contributed by atoms with Gasteiger partial charge in [0.05, 0.1) is 0 Å². The number of hydrogen-bond donors (Lipinski definition) is 2. The summed E-state index contributed by atoms with van der Waals surface area (Å²) in [6, 6.07) is 0. The van der Waals surface area contributed by atoms with Crippen molar-refractivity contribution in [1.29, 1.82) is 0 Å². The highest BCUT2D eigenvalue weighted by Gasteiger charge is 2.32. The van der Waals surface area contributed by atoms with E-state index in [0.717, 1.165) is 26.1 Å². The van der Waals surface area contributed by atoms with Crippen LogP contribution in [0.3, 0.4) is 0 Å². The molecule has 1 saturated heterocycles. The van der Waals surface area contributed by atoms with Crippen LogP contribution in [0.2, 0.25) is 0 Å². The van der Waals surface area contributed by atoms with E-state index in [-0.39, 0.29) is 16.9 Å². The maximum atomic E-state index is 11.8. The predicted molar refractivity (Wildman–Crippen MR) is 64.3 cm³/mol. The summed E-state index contributed by atoms with van der Waals surface area (Å²) in [5.74, 6) is 0.105. The minimum atomic E-state index is -0.319. The lowest BCUT2D eigenvalue weighted by Crippen LogP contribution is -2.56. The fourth-order valence-electron chi connectivity index (χ4n) is 1.79. The van der Waals surface area contributed by atoms with E-state index in [1.807, 2.05) is 27.8 Å². The molecular weight excluding hydrogens is 204 g/mol. The molecular formula is C12H24N2O2. The second-order valence-electron chi connectivity index (χ2n) is 5.58. The molecule has 1 amide bonds. The normalized spacial score (nSPS) is 20.5. The van der Waals surface area contributed by atoms with Gasteiger partial charge < -0.3 is 15.4 Å². The second kappa shape index (κ2) is 5.15. The summed E-state index contributed by atoms with van der Waals surface area (Å²) in [5.41, 5.74) is -0.306.